The standard InChI is InChI=1S/C18H15N3/c1-12-10-13(2)21-11-17(20-18(21)19-12)16-9-5-7-14-6-3-4-8-15(14)16/h3-11H,1-2H3. The molecule has 3 heteroatoms. The fourth-order valence-corrected chi connectivity index (χ4v) is 2.85. The van der Waals surface area contributed by atoms with Crippen LogP contribution in [0.3, 0.4) is 0 Å². The van der Waals surface area contributed by atoms with Crippen LogP contribution in [0.5, 0.6) is 0 Å². The van der Waals surface area contributed by atoms with E-state index in [2.05, 4.69) is 66.6 Å². The molecule has 0 unspecified atom stereocenters. The van der Waals surface area contributed by atoms with E-state index in [-0.39, 0.29) is 0 Å². The molecule has 102 valence electrons. The topological polar surface area (TPSA) is 30.2 Å². The molecule has 0 bridgehead atoms. The van der Waals surface area contributed by atoms with Gasteiger partial charge < -0.3 is 0 Å². The Labute approximate surface area is 122 Å². The lowest BCUT2D eigenvalue weighted by molar-refractivity contribution is 1.01. The summed E-state index contributed by atoms with van der Waals surface area (Å²) in [6.07, 6.45) is 2.07. The number of rotatable bonds is 1. The molecule has 0 aliphatic carbocycles. The van der Waals surface area contributed by atoms with Crippen LogP contribution >= 0.6 is 0 Å². The van der Waals surface area contributed by atoms with Gasteiger partial charge in [0.2, 0.25) is 5.78 Å². The summed E-state index contributed by atoms with van der Waals surface area (Å²) in [6.45, 7) is 4.08. The number of hydrogen-bond donors (Lipinski definition) is 0. The second kappa shape index (κ2) is 4.42. The number of fused-ring (bicyclic) bond motifs is 2. The first-order valence-electron chi connectivity index (χ1n) is 7.04. The Hall–Kier alpha value is -2.68. The molecule has 0 radical (unpaired) electrons. The maximum Gasteiger partial charge on any atom is 0.234 e. The van der Waals surface area contributed by atoms with E-state index in [4.69, 9.17) is 4.98 Å². The van der Waals surface area contributed by atoms with Crippen LogP contribution in [-0.4, -0.2) is 14.4 Å². The van der Waals surface area contributed by atoms with Crippen LogP contribution in [0, 0.1) is 13.8 Å². The summed E-state index contributed by atoms with van der Waals surface area (Å²) in [5.74, 6) is 0.760. The van der Waals surface area contributed by atoms with E-state index in [1.165, 1.54) is 10.8 Å². The Kier molecular flexibility index (Phi) is 2.54. The predicted octanol–water partition coefficient (Wildman–Crippen LogP) is 4.17. The molecule has 0 spiro atoms. The van der Waals surface area contributed by atoms with E-state index in [1.54, 1.807) is 0 Å². The van der Waals surface area contributed by atoms with Crippen LogP contribution in [0.25, 0.3) is 27.8 Å². The fourth-order valence-electron chi connectivity index (χ4n) is 2.85. The molecule has 0 aliphatic heterocycles. The average Bonchev–Trinajstić information content (AvgIpc) is 2.90. The molecule has 0 atom stereocenters. The molecule has 2 heterocycles. The number of hydrogen-bond acceptors (Lipinski definition) is 2. The quantitative estimate of drug-likeness (QED) is 0.521. The summed E-state index contributed by atoms with van der Waals surface area (Å²) >= 11 is 0. The molecule has 4 aromatic rings. The van der Waals surface area contributed by atoms with Crippen LogP contribution in [0.4, 0.5) is 0 Å². The summed E-state index contributed by atoms with van der Waals surface area (Å²) in [4.78, 5) is 9.22. The number of benzene rings is 2. The Balaban J connectivity index is 2.03. The molecule has 4 rings (SSSR count). The van der Waals surface area contributed by atoms with Crippen molar-refractivity contribution < 1.29 is 0 Å². The molecule has 0 fully saturated rings. The molecular formula is C18H15N3. The number of nitrogens with zero attached hydrogens (tertiary/aromatic N) is 3. The minimum atomic E-state index is 0.760. The molecule has 0 saturated heterocycles. The van der Waals surface area contributed by atoms with Gasteiger partial charge in [0.05, 0.1) is 5.69 Å². The molecule has 2 aromatic heterocycles. The Morgan fingerprint density at radius 3 is 2.62 bits per heavy atom. The van der Waals surface area contributed by atoms with E-state index in [9.17, 15) is 0 Å². The third-order valence-corrected chi connectivity index (χ3v) is 3.83. The van der Waals surface area contributed by atoms with Gasteiger partial charge in [-0.25, -0.2) is 9.97 Å². The van der Waals surface area contributed by atoms with Gasteiger partial charge in [0.15, 0.2) is 0 Å². The van der Waals surface area contributed by atoms with Gasteiger partial charge in [-0.05, 0) is 30.7 Å². The summed E-state index contributed by atoms with van der Waals surface area (Å²) in [5.41, 5.74) is 4.26. The summed E-state index contributed by atoms with van der Waals surface area (Å²) in [6, 6.07) is 16.8. The predicted molar refractivity (Wildman–Crippen MR) is 85.4 cm³/mol. The third-order valence-electron chi connectivity index (χ3n) is 3.83. The van der Waals surface area contributed by atoms with E-state index in [1.807, 2.05) is 11.3 Å². The highest BCUT2D eigenvalue weighted by atomic mass is 15.1. The monoisotopic (exact) mass is 273 g/mol. The van der Waals surface area contributed by atoms with Gasteiger partial charge in [0, 0.05) is 23.1 Å². The fraction of sp³-hybridized carbons (Fsp3) is 0.111. The van der Waals surface area contributed by atoms with E-state index >= 15 is 0 Å². The zero-order chi connectivity index (χ0) is 14.4. The average molecular weight is 273 g/mol. The summed E-state index contributed by atoms with van der Waals surface area (Å²) < 4.78 is 2.05. The molecular weight excluding hydrogens is 258 g/mol. The van der Waals surface area contributed by atoms with Crippen molar-refractivity contribution in [2.45, 2.75) is 13.8 Å². The molecule has 0 aliphatic rings. The highest BCUT2D eigenvalue weighted by molar-refractivity contribution is 5.95. The van der Waals surface area contributed by atoms with Crippen molar-refractivity contribution >= 4 is 16.6 Å². The van der Waals surface area contributed by atoms with Crippen molar-refractivity contribution in [1.29, 1.82) is 0 Å². The Morgan fingerprint density at radius 1 is 0.905 bits per heavy atom. The Bertz CT molecular complexity index is 961. The second-order valence-corrected chi connectivity index (χ2v) is 5.36. The van der Waals surface area contributed by atoms with Gasteiger partial charge in [-0.1, -0.05) is 42.5 Å². The first kappa shape index (κ1) is 12.1. The lowest BCUT2D eigenvalue weighted by Gasteiger charge is -2.02. The molecule has 21 heavy (non-hydrogen) atoms. The van der Waals surface area contributed by atoms with E-state index in [0.29, 0.717) is 0 Å². The first-order valence-corrected chi connectivity index (χ1v) is 7.04. The summed E-state index contributed by atoms with van der Waals surface area (Å²) in [5, 5.41) is 2.45. The van der Waals surface area contributed by atoms with Crippen LogP contribution in [-0.2, 0) is 0 Å². The third kappa shape index (κ3) is 1.89. The minimum Gasteiger partial charge on any atom is -0.288 e. The molecule has 2 aromatic carbocycles. The molecule has 0 N–H and O–H groups in total. The van der Waals surface area contributed by atoms with Gasteiger partial charge in [-0.2, -0.15) is 0 Å². The van der Waals surface area contributed by atoms with Gasteiger partial charge in [0.25, 0.3) is 0 Å². The van der Waals surface area contributed by atoms with Crippen molar-refractivity contribution in [3.8, 4) is 11.3 Å². The van der Waals surface area contributed by atoms with E-state index in [0.717, 1.165) is 28.4 Å². The smallest absolute Gasteiger partial charge is 0.234 e. The van der Waals surface area contributed by atoms with Crippen LogP contribution in [0.15, 0.2) is 54.7 Å². The van der Waals surface area contributed by atoms with Crippen LogP contribution in [0.2, 0.25) is 0 Å². The van der Waals surface area contributed by atoms with Gasteiger partial charge in [-0.3, -0.25) is 4.40 Å². The van der Waals surface area contributed by atoms with Crippen molar-refractivity contribution in [1.82, 2.24) is 14.4 Å². The lowest BCUT2D eigenvalue weighted by Crippen LogP contribution is -1.94. The maximum absolute atomic E-state index is 4.71. The van der Waals surface area contributed by atoms with Gasteiger partial charge in [0.1, 0.15) is 0 Å². The van der Waals surface area contributed by atoms with Crippen LogP contribution < -0.4 is 0 Å². The zero-order valence-electron chi connectivity index (χ0n) is 12.0. The van der Waals surface area contributed by atoms with E-state index < -0.39 is 0 Å². The minimum absolute atomic E-state index is 0.760. The molecule has 3 nitrogen and oxygen atoms in total. The number of aromatic nitrogens is 3. The largest absolute Gasteiger partial charge is 0.288 e. The first-order chi connectivity index (χ1) is 10.2. The number of aryl methyl sites for hydroxylation is 2. The van der Waals surface area contributed by atoms with Crippen molar-refractivity contribution in [2.75, 3.05) is 0 Å². The number of imidazole rings is 1. The van der Waals surface area contributed by atoms with Crippen molar-refractivity contribution in [3.05, 3.63) is 66.1 Å². The van der Waals surface area contributed by atoms with Crippen molar-refractivity contribution in [3.63, 3.8) is 0 Å². The highest BCUT2D eigenvalue weighted by Crippen LogP contribution is 2.28. The Morgan fingerprint density at radius 2 is 1.71 bits per heavy atom. The lowest BCUT2D eigenvalue weighted by atomic mass is 10.0. The maximum atomic E-state index is 4.71. The SMILES string of the molecule is Cc1cc(C)n2cc(-c3cccc4ccccc34)nc2n1. The molecule has 0 amide bonds. The van der Waals surface area contributed by atoms with Gasteiger partial charge in [-0.15, -0.1) is 0 Å². The summed E-state index contributed by atoms with van der Waals surface area (Å²) in [7, 11) is 0. The second-order valence-electron chi connectivity index (χ2n) is 5.36. The zero-order valence-corrected chi connectivity index (χ0v) is 12.0. The van der Waals surface area contributed by atoms with Crippen LogP contribution in [0.1, 0.15) is 11.4 Å². The van der Waals surface area contributed by atoms with Crippen molar-refractivity contribution in [2.24, 2.45) is 0 Å². The highest BCUT2D eigenvalue weighted by Gasteiger charge is 2.10. The molecule has 0 saturated carbocycles. The van der Waals surface area contributed by atoms with Gasteiger partial charge >= 0.3 is 0 Å². The normalized spacial score (nSPS) is 11.3.